The summed E-state index contributed by atoms with van der Waals surface area (Å²) in [5, 5.41) is 6.64. The summed E-state index contributed by atoms with van der Waals surface area (Å²) < 4.78 is 11.5. The van der Waals surface area contributed by atoms with Crippen LogP contribution >= 0.6 is 0 Å². The van der Waals surface area contributed by atoms with Crippen LogP contribution < -0.4 is 21.1 Å². The van der Waals surface area contributed by atoms with E-state index in [-0.39, 0.29) is 29.5 Å². The Morgan fingerprint density at radius 1 is 1.19 bits per heavy atom. The Hall–Kier alpha value is -3.44. The minimum Gasteiger partial charge on any atom is -0.491 e. The fourth-order valence-electron chi connectivity index (χ4n) is 4.93. The molecule has 2 saturated heterocycles. The SMILES string of the molecule is CCc1nc(C(N)=O)c(Nc2ccc3c(c2)C(=O)N2CCN(C)CC2CO3)nc1NC1CCOCC1. The number of hydrogen-bond donors (Lipinski definition) is 3. The van der Waals surface area contributed by atoms with E-state index < -0.39 is 5.91 Å². The van der Waals surface area contributed by atoms with Gasteiger partial charge in [0, 0.05) is 44.6 Å². The van der Waals surface area contributed by atoms with Crippen molar-refractivity contribution in [3.05, 3.63) is 35.2 Å². The Labute approximate surface area is 210 Å². The summed E-state index contributed by atoms with van der Waals surface area (Å²) in [5.74, 6) is 0.674. The van der Waals surface area contributed by atoms with Crippen LogP contribution in [-0.4, -0.2) is 90.2 Å². The largest absolute Gasteiger partial charge is 0.491 e. The molecule has 4 heterocycles. The van der Waals surface area contributed by atoms with Crippen molar-refractivity contribution in [2.45, 2.75) is 38.3 Å². The highest BCUT2D eigenvalue weighted by Gasteiger charge is 2.34. The van der Waals surface area contributed by atoms with Gasteiger partial charge < -0.3 is 35.6 Å². The molecule has 36 heavy (non-hydrogen) atoms. The Bertz CT molecular complexity index is 1150. The number of nitrogens with zero attached hydrogens (tertiary/aromatic N) is 4. The van der Waals surface area contributed by atoms with E-state index in [9.17, 15) is 9.59 Å². The van der Waals surface area contributed by atoms with Crippen molar-refractivity contribution in [2.75, 3.05) is 57.1 Å². The maximum Gasteiger partial charge on any atom is 0.271 e. The number of piperazine rings is 1. The number of carbonyl (C=O) groups is 2. The number of amides is 2. The normalized spacial score (nSPS) is 20.7. The Morgan fingerprint density at radius 3 is 2.75 bits per heavy atom. The van der Waals surface area contributed by atoms with Crippen molar-refractivity contribution in [1.82, 2.24) is 19.8 Å². The van der Waals surface area contributed by atoms with E-state index in [2.05, 4.69) is 20.5 Å². The molecule has 0 radical (unpaired) electrons. The van der Waals surface area contributed by atoms with Gasteiger partial charge in [0.05, 0.1) is 17.3 Å². The van der Waals surface area contributed by atoms with Gasteiger partial charge in [0.1, 0.15) is 12.4 Å². The molecular weight excluding hydrogens is 462 g/mol. The number of benzene rings is 1. The number of carbonyl (C=O) groups excluding carboxylic acids is 2. The van der Waals surface area contributed by atoms with Crippen LogP contribution in [-0.2, 0) is 11.2 Å². The Balaban J connectivity index is 1.44. The van der Waals surface area contributed by atoms with Crippen molar-refractivity contribution >= 4 is 29.1 Å². The summed E-state index contributed by atoms with van der Waals surface area (Å²) in [5.41, 5.74) is 7.46. The zero-order valence-corrected chi connectivity index (χ0v) is 20.7. The van der Waals surface area contributed by atoms with Crippen molar-refractivity contribution in [3.63, 3.8) is 0 Å². The number of rotatable bonds is 6. The van der Waals surface area contributed by atoms with Gasteiger partial charge in [-0.3, -0.25) is 9.59 Å². The van der Waals surface area contributed by atoms with E-state index in [0.717, 1.165) is 25.9 Å². The standard InChI is InChI=1S/C25H33N7O4/c1-3-19-23(27-15-6-10-35-11-7-15)30-24(21(29-19)22(26)33)28-16-4-5-20-18(12-16)25(34)32-9-8-31(2)13-17(32)14-36-20/h4-5,12,15,17H,3,6-11,13-14H2,1-2H3,(H2,26,33)(H2,27,28,30). The molecule has 1 aromatic heterocycles. The van der Waals surface area contributed by atoms with Crippen LogP contribution in [0.15, 0.2) is 18.2 Å². The van der Waals surface area contributed by atoms with Gasteiger partial charge >= 0.3 is 0 Å². The molecule has 3 aliphatic heterocycles. The zero-order chi connectivity index (χ0) is 25.2. The van der Waals surface area contributed by atoms with Gasteiger partial charge in [-0.15, -0.1) is 0 Å². The van der Waals surface area contributed by atoms with Crippen LogP contribution in [0, 0.1) is 0 Å². The number of ether oxygens (including phenoxy) is 2. The van der Waals surface area contributed by atoms with Crippen molar-refractivity contribution in [1.29, 1.82) is 0 Å². The number of fused-ring (bicyclic) bond motifs is 2. The van der Waals surface area contributed by atoms with E-state index in [1.54, 1.807) is 18.2 Å². The van der Waals surface area contributed by atoms with Crippen LogP contribution in [0.4, 0.5) is 17.3 Å². The van der Waals surface area contributed by atoms with Gasteiger partial charge in [-0.1, -0.05) is 6.92 Å². The first kappa shape index (κ1) is 24.3. The number of nitrogens with two attached hydrogens (primary N) is 1. The molecular formula is C25H33N7O4. The lowest BCUT2D eigenvalue weighted by Crippen LogP contribution is -2.55. The summed E-state index contributed by atoms with van der Waals surface area (Å²) in [6, 6.07) is 5.53. The van der Waals surface area contributed by atoms with E-state index in [0.29, 0.717) is 61.3 Å². The lowest BCUT2D eigenvalue weighted by Gasteiger charge is -2.38. The fourth-order valence-corrected chi connectivity index (χ4v) is 4.93. The third-order valence-electron chi connectivity index (χ3n) is 6.95. The first-order chi connectivity index (χ1) is 17.4. The smallest absolute Gasteiger partial charge is 0.271 e. The summed E-state index contributed by atoms with van der Waals surface area (Å²) >= 11 is 0. The third kappa shape index (κ3) is 4.93. The summed E-state index contributed by atoms with van der Waals surface area (Å²) in [6.45, 7) is 6.03. The van der Waals surface area contributed by atoms with Gasteiger partial charge in [0.25, 0.3) is 11.8 Å². The molecule has 11 heteroatoms. The number of aromatic nitrogens is 2. The van der Waals surface area contributed by atoms with E-state index in [4.69, 9.17) is 20.2 Å². The van der Waals surface area contributed by atoms with Crippen LogP contribution in [0.25, 0.3) is 0 Å². The maximum atomic E-state index is 13.4. The van der Waals surface area contributed by atoms with Gasteiger partial charge in [-0.25, -0.2) is 9.97 Å². The fraction of sp³-hybridized carbons (Fsp3) is 0.520. The van der Waals surface area contributed by atoms with Crippen LogP contribution in [0.2, 0.25) is 0 Å². The molecule has 0 bridgehead atoms. The molecule has 192 valence electrons. The second kappa shape index (κ2) is 10.3. The summed E-state index contributed by atoms with van der Waals surface area (Å²) in [4.78, 5) is 39.0. The molecule has 0 spiro atoms. The zero-order valence-electron chi connectivity index (χ0n) is 20.7. The quantitative estimate of drug-likeness (QED) is 0.546. The molecule has 1 atom stereocenters. The van der Waals surface area contributed by atoms with E-state index in [1.807, 2.05) is 18.9 Å². The second-order valence-corrected chi connectivity index (χ2v) is 9.53. The average molecular weight is 496 g/mol. The maximum absolute atomic E-state index is 13.4. The summed E-state index contributed by atoms with van der Waals surface area (Å²) in [6.07, 6.45) is 2.33. The Morgan fingerprint density at radius 2 is 2.00 bits per heavy atom. The molecule has 1 unspecified atom stereocenters. The number of aryl methyl sites for hydroxylation is 1. The highest BCUT2D eigenvalue weighted by Crippen LogP contribution is 2.31. The molecule has 4 N–H and O–H groups in total. The average Bonchev–Trinajstić information content (AvgIpc) is 3.01. The van der Waals surface area contributed by atoms with Crippen LogP contribution in [0.1, 0.15) is 46.3 Å². The molecule has 1 aromatic carbocycles. The predicted octanol–water partition coefficient (Wildman–Crippen LogP) is 1.62. The number of nitrogens with one attached hydrogen (secondary N) is 2. The van der Waals surface area contributed by atoms with E-state index in [1.165, 1.54) is 0 Å². The lowest BCUT2D eigenvalue weighted by atomic mass is 10.1. The molecule has 0 saturated carbocycles. The minimum absolute atomic E-state index is 0.00722. The molecule has 11 nitrogen and oxygen atoms in total. The highest BCUT2D eigenvalue weighted by atomic mass is 16.5. The number of likely N-dealkylation sites (N-methyl/N-ethyl adjacent to an activating group) is 1. The third-order valence-corrected chi connectivity index (χ3v) is 6.95. The Kier molecular flexibility index (Phi) is 6.92. The van der Waals surface area contributed by atoms with Gasteiger partial charge in [-0.2, -0.15) is 0 Å². The minimum atomic E-state index is -0.674. The predicted molar refractivity (Wildman–Crippen MR) is 135 cm³/mol. The molecule has 0 aliphatic carbocycles. The highest BCUT2D eigenvalue weighted by molar-refractivity contribution is 5.99. The molecule has 2 aromatic rings. The molecule has 3 aliphatic rings. The van der Waals surface area contributed by atoms with Crippen molar-refractivity contribution < 1.29 is 19.1 Å². The van der Waals surface area contributed by atoms with Crippen molar-refractivity contribution in [3.8, 4) is 5.75 Å². The van der Waals surface area contributed by atoms with Gasteiger partial charge in [-0.05, 0) is 44.5 Å². The number of anilines is 3. The first-order valence-corrected chi connectivity index (χ1v) is 12.5. The number of hydrogen-bond acceptors (Lipinski definition) is 9. The molecule has 2 amide bonds. The van der Waals surface area contributed by atoms with Gasteiger partial charge in [0.15, 0.2) is 17.3 Å². The van der Waals surface area contributed by atoms with Crippen LogP contribution in [0.5, 0.6) is 5.75 Å². The lowest BCUT2D eigenvalue weighted by molar-refractivity contribution is 0.0442. The van der Waals surface area contributed by atoms with E-state index >= 15 is 0 Å². The number of primary amides is 1. The van der Waals surface area contributed by atoms with Gasteiger partial charge in [0.2, 0.25) is 0 Å². The molecule has 2 fully saturated rings. The summed E-state index contributed by atoms with van der Waals surface area (Å²) in [7, 11) is 2.05. The van der Waals surface area contributed by atoms with Crippen molar-refractivity contribution in [2.24, 2.45) is 5.73 Å². The van der Waals surface area contributed by atoms with Crippen LogP contribution in [0.3, 0.4) is 0 Å². The monoisotopic (exact) mass is 495 g/mol. The second-order valence-electron chi connectivity index (χ2n) is 9.53. The molecule has 5 rings (SSSR count). The topological polar surface area (TPSA) is 135 Å². The first-order valence-electron chi connectivity index (χ1n) is 12.5.